The van der Waals surface area contributed by atoms with Gasteiger partial charge in [-0.05, 0) is 35.9 Å². The first-order chi connectivity index (χ1) is 11.2. The molecule has 5 heteroatoms. The van der Waals surface area contributed by atoms with Crippen molar-refractivity contribution in [2.75, 3.05) is 35.6 Å². The predicted octanol–water partition coefficient (Wildman–Crippen LogP) is 3.07. The van der Waals surface area contributed by atoms with Crippen LogP contribution in [-0.2, 0) is 6.54 Å². The molecule has 1 aliphatic rings. The van der Waals surface area contributed by atoms with E-state index in [2.05, 4.69) is 16.3 Å². The number of benzene rings is 2. The Kier molecular flexibility index (Phi) is 5.20. The molecule has 0 aromatic heterocycles. The second-order valence-corrected chi connectivity index (χ2v) is 6.89. The van der Waals surface area contributed by atoms with E-state index in [0.717, 1.165) is 25.3 Å². The first-order valence-corrected chi connectivity index (χ1v) is 8.92. The van der Waals surface area contributed by atoms with Gasteiger partial charge in [0.15, 0.2) is 0 Å². The third kappa shape index (κ3) is 4.50. The molecular formula is C18H21N3OS. The normalized spacial score (nSPS) is 15.3. The Bertz CT molecular complexity index is 683. The Labute approximate surface area is 141 Å². The summed E-state index contributed by atoms with van der Waals surface area (Å²) in [6.07, 6.45) is 0. The van der Waals surface area contributed by atoms with Crippen molar-refractivity contribution >= 4 is 29.0 Å². The van der Waals surface area contributed by atoms with Gasteiger partial charge in [-0.2, -0.15) is 11.8 Å². The Morgan fingerprint density at radius 2 is 1.91 bits per heavy atom. The van der Waals surface area contributed by atoms with Gasteiger partial charge in [0.25, 0.3) is 5.91 Å². The maximum atomic E-state index is 12.3. The average molecular weight is 327 g/mol. The molecule has 2 aromatic carbocycles. The third-order valence-corrected chi connectivity index (χ3v) is 4.79. The second-order valence-electron chi connectivity index (χ2n) is 5.67. The third-order valence-electron chi connectivity index (χ3n) is 3.84. The summed E-state index contributed by atoms with van der Waals surface area (Å²) >= 11 is 2.01. The first-order valence-electron chi connectivity index (χ1n) is 7.77. The van der Waals surface area contributed by atoms with Crippen molar-refractivity contribution in [1.82, 2.24) is 4.90 Å². The number of nitrogen functional groups attached to an aromatic ring is 1. The minimum atomic E-state index is -0.135. The zero-order valence-electron chi connectivity index (χ0n) is 13.0. The molecule has 23 heavy (non-hydrogen) atoms. The zero-order valence-corrected chi connectivity index (χ0v) is 13.8. The highest BCUT2D eigenvalue weighted by Gasteiger charge is 2.11. The first kappa shape index (κ1) is 15.9. The maximum absolute atomic E-state index is 12.3. The number of carbonyl (C=O) groups is 1. The smallest absolute Gasteiger partial charge is 0.255 e. The minimum Gasteiger partial charge on any atom is -0.399 e. The molecule has 0 radical (unpaired) electrons. The van der Waals surface area contributed by atoms with Gasteiger partial charge in [0.2, 0.25) is 0 Å². The van der Waals surface area contributed by atoms with Crippen molar-refractivity contribution in [3.63, 3.8) is 0 Å². The van der Waals surface area contributed by atoms with Crippen LogP contribution in [0.3, 0.4) is 0 Å². The Hall–Kier alpha value is -1.98. The molecule has 2 aromatic rings. The van der Waals surface area contributed by atoms with Crippen LogP contribution in [0.25, 0.3) is 0 Å². The van der Waals surface area contributed by atoms with Gasteiger partial charge < -0.3 is 11.1 Å². The molecule has 0 unspecified atom stereocenters. The van der Waals surface area contributed by atoms with E-state index in [9.17, 15) is 4.79 Å². The van der Waals surface area contributed by atoms with Gasteiger partial charge in [0.1, 0.15) is 0 Å². The van der Waals surface area contributed by atoms with Gasteiger partial charge in [-0.15, -0.1) is 0 Å². The molecule has 1 heterocycles. The molecule has 4 nitrogen and oxygen atoms in total. The quantitative estimate of drug-likeness (QED) is 0.847. The number of thioether (sulfide) groups is 1. The van der Waals surface area contributed by atoms with E-state index in [-0.39, 0.29) is 5.91 Å². The summed E-state index contributed by atoms with van der Waals surface area (Å²) in [6.45, 7) is 3.19. The number of amides is 1. The van der Waals surface area contributed by atoms with E-state index < -0.39 is 0 Å². The fraction of sp³-hybridized carbons (Fsp3) is 0.278. The van der Waals surface area contributed by atoms with Crippen LogP contribution in [0, 0.1) is 0 Å². The molecule has 3 N–H and O–H groups in total. The lowest BCUT2D eigenvalue weighted by molar-refractivity contribution is 0.102. The Morgan fingerprint density at radius 3 is 2.70 bits per heavy atom. The van der Waals surface area contributed by atoms with E-state index in [1.54, 1.807) is 24.3 Å². The fourth-order valence-electron chi connectivity index (χ4n) is 2.65. The summed E-state index contributed by atoms with van der Waals surface area (Å²) in [7, 11) is 0. The van der Waals surface area contributed by atoms with Gasteiger partial charge >= 0.3 is 0 Å². The predicted molar refractivity (Wildman–Crippen MR) is 97.9 cm³/mol. The highest BCUT2D eigenvalue weighted by atomic mass is 32.2. The molecule has 0 atom stereocenters. The molecular weight excluding hydrogens is 306 g/mol. The maximum Gasteiger partial charge on any atom is 0.255 e. The van der Waals surface area contributed by atoms with Gasteiger partial charge in [0, 0.05) is 48.1 Å². The number of nitrogens with two attached hydrogens (primary N) is 1. The summed E-state index contributed by atoms with van der Waals surface area (Å²) in [5.74, 6) is 2.27. The van der Waals surface area contributed by atoms with Crippen LogP contribution in [0.2, 0.25) is 0 Å². The summed E-state index contributed by atoms with van der Waals surface area (Å²) in [5.41, 5.74) is 8.94. The highest BCUT2D eigenvalue weighted by Crippen LogP contribution is 2.17. The molecule has 0 aliphatic carbocycles. The molecule has 1 aliphatic heterocycles. The topological polar surface area (TPSA) is 58.4 Å². The minimum absolute atomic E-state index is 0.135. The Balaban J connectivity index is 1.66. The molecule has 3 rings (SSSR count). The monoisotopic (exact) mass is 327 g/mol. The van der Waals surface area contributed by atoms with Crippen molar-refractivity contribution in [2.45, 2.75) is 6.54 Å². The lowest BCUT2D eigenvalue weighted by Crippen LogP contribution is -2.31. The van der Waals surface area contributed by atoms with E-state index >= 15 is 0 Å². The van der Waals surface area contributed by atoms with Crippen LogP contribution in [0.15, 0.2) is 48.5 Å². The number of hydrogen-bond donors (Lipinski definition) is 2. The molecule has 1 fully saturated rings. The van der Waals surface area contributed by atoms with E-state index in [1.807, 2.05) is 30.0 Å². The van der Waals surface area contributed by atoms with E-state index in [0.29, 0.717) is 11.3 Å². The average Bonchev–Trinajstić information content (AvgIpc) is 2.56. The van der Waals surface area contributed by atoms with Crippen LogP contribution in [0.5, 0.6) is 0 Å². The second kappa shape index (κ2) is 7.53. The number of rotatable bonds is 4. The number of anilines is 2. The SMILES string of the molecule is Nc1cccc(C(=O)Nc2cccc(CN3CCSCC3)c2)c1. The summed E-state index contributed by atoms with van der Waals surface area (Å²) in [4.78, 5) is 14.7. The van der Waals surface area contributed by atoms with Crippen molar-refractivity contribution in [2.24, 2.45) is 0 Å². The van der Waals surface area contributed by atoms with Gasteiger partial charge in [-0.1, -0.05) is 18.2 Å². The summed E-state index contributed by atoms with van der Waals surface area (Å²) in [5, 5.41) is 2.95. The largest absolute Gasteiger partial charge is 0.399 e. The molecule has 0 spiro atoms. The van der Waals surface area contributed by atoms with Crippen LogP contribution in [-0.4, -0.2) is 35.4 Å². The van der Waals surface area contributed by atoms with Crippen LogP contribution in [0.1, 0.15) is 15.9 Å². The molecule has 0 bridgehead atoms. The van der Waals surface area contributed by atoms with Crippen molar-refractivity contribution < 1.29 is 4.79 Å². The molecule has 120 valence electrons. The summed E-state index contributed by atoms with van der Waals surface area (Å²) < 4.78 is 0. The molecule has 1 amide bonds. The highest BCUT2D eigenvalue weighted by molar-refractivity contribution is 7.99. The molecule has 1 saturated heterocycles. The number of carbonyl (C=O) groups excluding carboxylic acids is 1. The fourth-order valence-corrected chi connectivity index (χ4v) is 3.63. The van der Waals surface area contributed by atoms with Crippen LogP contribution in [0.4, 0.5) is 11.4 Å². The van der Waals surface area contributed by atoms with Gasteiger partial charge in [0.05, 0.1) is 0 Å². The van der Waals surface area contributed by atoms with Crippen LogP contribution >= 0.6 is 11.8 Å². The van der Waals surface area contributed by atoms with Crippen molar-refractivity contribution in [3.8, 4) is 0 Å². The number of nitrogens with zero attached hydrogens (tertiary/aromatic N) is 1. The van der Waals surface area contributed by atoms with E-state index in [4.69, 9.17) is 5.73 Å². The molecule has 0 saturated carbocycles. The van der Waals surface area contributed by atoms with Crippen molar-refractivity contribution in [3.05, 3.63) is 59.7 Å². The Morgan fingerprint density at radius 1 is 1.13 bits per heavy atom. The number of nitrogens with one attached hydrogen (secondary N) is 1. The standard InChI is InChI=1S/C18H21N3OS/c19-16-5-2-4-15(12-16)18(22)20-17-6-1-3-14(11-17)13-21-7-9-23-10-8-21/h1-6,11-12H,7-10,13,19H2,(H,20,22). The van der Waals surface area contributed by atoms with Gasteiger partial charge in [-0.25, -0.2) is 0 Å². The zero-order chi connectivity index (χ0) is 16.1. The number of hydrogen-bond acceptors (Lipinski definition) is 4. The lowest BCUT2D eigenvalue weighted by atomic mass is 10.1. The lowest BCUT2D eigenvalue weighted by Gasteiger charge is -2.26. The van der Waals surface area contributed by atoms with Crippen molar-refractivity contribution in [1.29, 1.82) is 0 Å². The van der Waals surface area contributed by atoms with Gasteiger partial charge in [-0.3, -0.25) is 9.69 Å². The van der Waals surface area contributed by atoms with E-state index in [1.165, 1.54) is 17.1 Å². The van der Waals surface area contributed by atoms with Crippen LogP contribution < -0.4 is 11.1 Å². The summed E-state index contributed by atoms with van der Waals surface area (Å²) in [6, 6.07) is 15.1.